The quantitative estimate of drug-likeness (QED) is 0.742. The van der Waals surface area contributed by atoms with Crippen LogP contribution in [0, 0.1) is 23.2 Å². The fourth-order valence-electron chi connectivity index (χ4n) is 4.40. The Bertz CT molecular complexity index is 509. The molecule has 0 unspecified atom stereocenters. The van der Waals surface area contributed by atoms with Gasteiger partial charge in [-0.15, -0.1) is 0 Å². The third-order valence-corrected chi connectivity index (χ3v) is 5.91. The van der Waals surface area contributed by atoms with Crippen LogP contribution in [0.15, 0.2) is 23.8 Å². The Morgan fingerprint density at radius 1 is 1.23 bits per heavy atom. The molecule has 1 saturated heterocycles. The van der Waals surface area contributed by atoms with Gasteiger partial charge in [0.2, 0.25) is 0 Å². The van der Waals surface area contributed by atoms with E-state index in [1.807, 2.05) is 13.0 Å². The molecule has 3 heteroatoms. The van der Waals surface area contributed by atoms with Gasteiger partial charge in [-0.05, 0) is 50.0 Å². The van der Waals surface area contributed by atoms with E-state index in [2.05, 4.69) is 32.9 Å². The van der Waals surface area contributed by atoms with Crippen molar-refractivity contribution in [2.75, 3.05) is 13.2 Å². The molecule has 0 aromatic heterocycles. The average molecular weight is 304 g/mol. The third kappa shape index (κ3) is 2.81. The minimum absolute atomic E-state index is 0.0955. The summed E-state index contributed by atoms with van der Waals surface area (Å²) in [6.07, 6.45) is 9.09. The number of ketones is 1. The van der Waals surface area contributed by atoms with E-state index in [4.69, 9.17) is 9.47 Å². The van der Waals surface area contributed by atoms with Crippen LogP contribution in [0.2, 0.25) is 0 Å². The van der Waals surface area contributed by atoms with Crippen molar-refractivity contribution in [3.8, 4) is 0 Å². The molecular weight excluding hydrogens is 276 g/mol. The average Bonchev–Trinajstić information content (AvgIpc) is 2.89. The molecule has 3 atom stereocenters. The van der Waals surface area contributed by atoms with E-state index < -0.39 is 5.79 Å². The monoisotopic (exact) mass is 304 g/mol. The van der Waals surface area contributed by atoms with E-state index in [1.54, 1.807) is 0 Å². The fourth-order valence-corrected chi connectivity index (χ4v) is 4.40. The number of carbonyl (C=O) groups excluding carboxylic acids is 1. The number of fused-ring (bicyclic) bond motifs is 1. The zero-order chi connectivity index (χ0) is 16.0. The molecule has 3 rings (SSSR count). The van der Waals surface area contributed by atoms with Crippen LogP contribution in [0.1, 0.15) is 47.0 Å². The first-order valence-corrected chi connectivity index (χ1v) is 8.50. The zero-order valence-corrected chi connectivity index (χ0v) is 14.2. The lowest BCUT2D eigenvalue weighted by Gasteiger charge is -2.46. The largest absolute Gasteiger partial charge is 0.348 e. The van der Waals surface area contributed by atoms with Crippen LogP contribution in [-0.2, 0) is 14.3 Å². The summed E-state index contributed by atoms with van der Waals surface area (Å²) in [5.74, 6) is 0.697. The van der Waals surface area contributed by atoms with Gasteiger partial charge in [-0.2, -0.15) is 0 Å². The van der Waals surface area contributed by atoms with Gasteiger partial charge in [-0.1, -0.05) is 31.6 Å². The van der Waals surface area contributed by atoms with Crippen molar-refractivity contribution in [2.45, 2.75) is 52.7 Å². The van der Waals surface area contributed by atoms with E-state index in [9.17, 15) is 4.79 Å². The molecule has 122 valence electrons. The van der Waals surface area contributed by atoms with Crippen molar-refractivity contribution in [1.29, 1.82) is 0 Å². The highest BCUT2D eigenvalue weighted by molar-refractivity contribution is 5.93. The highest BCUT2D eigenvalue weighted by Crippen LogP contribution is 2.49. The Morgan fingerprint density at radius 2 is 1.91 bits per heavy atom. The third-order valence-electron chi connectivity index (χ3n) is 5.91. The molecule has 0 saturated carbocycles. The Morgan fingerprint density at radius 3 is 2.59 bits per heavy atom. The molecule has 3 nitrogen and oxygen atoms in total. The predicted octanol–water partition coefficient (Wildman–Crippen LogP) is 3.89. The fraction of sp³-hybridized carbons (Fsp3) is 0.737. The Labute approximate surface area is 133 Å². The maximum Gasteiger partial charge on any atom is 0.165 e. The molecule has 0 aromatic carbocycles. The highest BCUT2D eigenvalue weighted by Gasteiger charge is 2.46. The van der Waals surface area contributed by atoms with Crippen molar-refractivity contribution in [3.05, 3.63) is 23.8 Å². The first-order valence-electron chi connectivity index (χ1n) is 8.50. The topological polar surface area (TPSA) is 35.5 Å². The molecule has 22 heavy (non-hydrogen) atoms. The molecule has 0 radical (unpaired) electrons. The standard InChI is InChI=1S/C19H28O3/c1-13-5-6-15-17(16(20)8-9-18(15,2)3)14(13)7-10-19(4)21-11-12-22-19/h5,8-9,14-15,17H,6-7,10-12H2,1-4H3/t14-,15+,17-/m0/s1. The lowest BCUT2D eigenvalue weighted by molar-refractivity contribution is -0.151. The molecule has 0 amide bonds. The van der Waals surface area contributed by atoms with Crippen LogP contribution in [0.5, 0.6) is 0 Å². The van der Waals surface area contributed by atoms with Crippen molar-refractivity contribution in [1.82, 2.24) is 0 Å². The Hall–Kier alpha value is -0.930. The van der Waals surface area contributed by atoms with Gasteiger partial charge < -0.3 is 9.47 Å². The van der Waals surface area contributed by atoms with Gasteiger partial charge >= 0.3 is 0 Å². The normalized spacial score (nSPS) is 36.1. The molecule has 0 spiro atoms. The first kappa shape index (κ1) is 15.9. The van der Waals surface area contributed by atoms with Crippen molar-refractivity contribution >= 4 is 5.78 Å². The van der Waals surface area contributed by atoms with Gasteiger partial charge in [-0.3, -0.25) is 4.79 Å². The Kier molecular flexibility index (Phi) is 4.07. The predicted molar refractivity (Wildman–Crippen MR) is 86.3 cm³/mol. The molecule has 3 aliphatic rings. The van der Waals surface area contributed by atoms with Gasteiger partial charge in [0.15, 0.2) is 11.6 Å². The SMILES string of the molecule is CC1=CC[C@@H]2[C@@H](C(=O)C=CC2(C)C)[C@H]1CCC1(C)OCCO1. The van der Waals surface area contributed by atoms with Crippen LogP contribution < -0.4 is 0 Å². The number of rotatable bonds is 3. The smallest absolute Gasteiger partial charge is 0.165 e. The molecule has 1 heterocycles. The summed E-state index contributed by atoms with van der Waals surface area (Å²) in [5, 5.41) is 0. The summed E-state index contributed by atoms with van der Waals surface area (Å²) in [7, 11) is 0. The van der Waals surface area contributed by atoms with Gasteiger partial charge in [0.1, 0.15) is 0 Å². The summed E-state index contributed by atoms with van der Waals surface area (Å²) in [4.78, 5) is 12.6. The number of hydrogen-bond acceptors (Lipinski definition) is 3. The minimum Gasteiger partial charge on any atom is -0.348 e. The van der Waals surface area contributed by atoms with Crippen LogP contribution in [0.25, 0.3) is 0 Å². The second-order valence-electron chi connectivity index (χ2n) is 7.85. The summed E-state index contributed by atoms with van der Waals surface area (Å²) in [6.45, 7) is 10.1. The van der Waals surface area contributed by atoms with Gasteiger partial charge in [0.05, 0.1) is 13.2 Å². The number of hydrogen-bond donors (Lipinski definition) is 0. The summed E-state index contributed by atoms with van der Waals surface area (Å²) in [6, 6.07) is 0. The molecule has 2 aliphatic carbocycles. The van der Waals surface area contributed by atoms with Gasteiger partial charge in [-0.25, -0.2) is 0 Å². The van der Waals surface area contributed by atoms with Crippen LogP contribution in [0.4, 0.5) is 0 Å². The lowest BCUT2D eigenvalue weighted by atomic mass is 9.57. The molecule has 1 aliphatic heterocycles. The Balaban J connectivity index is 1.79. The molecule has 1 fully saturated rings. The molecule has 0 aromatic rings. The lowest BCUT2D eigenvalue weighted by Crippen LogP contribution is -2.43. The number of ether oxygens (including phenoxy) is 2. The maximum atomic E-state index is 12.6. The molecular formula is C19H28O3. The van der Waals surface area contributed by atoms with Crippen molar-refractivity contribution in [2.24, 2.45) is 23.2 Å². The molecule has 0 N–H and O–H groups in total. The van der Waals surface area contributed by atoms with Crippen LogP contribution in [0.3, 0.4) is 0 Å². The number of carbonyl (C=O) groups is 1. The van der Waals surface area contributed by atoms with E-state index in [1.165, 1.54) is 5.57 Å². The number of allylic oxidation sites excluding steroid dienone is 4. The van der Waals surface area contributed by atoms with E-state index in [0.717, 1.165) is 19.3 Å². The van der Waals surface area contributed by atoms with E-state index in [-0.39, 0.29) is 11.3 Å². The molecule has 0 bridgehead atoms. The van der Waals surface area contributed by atoms with Crippen molar-refractivity contribution < 1.29 is 14.3 Å². The second kappa shape index (κ2) is 5.61. The van der Waals surface area contributed by atoms with Gasteiger partial charge in [0, 0.05) is 12.3 Å². The van der Waals surface area contributed by atoms with Crippen molar-refractivity contribution in [3.63, 3.8) is 0 Å². The maximum absolute atomic E-state index is 12.6. The summed E-state index contributed by atoms with van der Waals surface area (Å²) < 4.78 is 11.5. The van der Waals surface area contributed by atoms with Crippen LogP contribution >= 0.6 is 0 Å². The van der Waals surface area contributed by atoms with Gasteiger partial charge in [0.25, 0.3) is 0 Å². The van der Waals surface area contributed by atoms with E-state index >= 15 is 0 Å². The van der Waals surface area contributed by atoms with E-state index in [0.29, 0.717) is 30.8 Å². The van der Waals surface area contributed by atoms with Crippen LogP contribution in [-0.4, -0.2) is 24.8 Å². The highest BCUT2D eigenvalue weighted by atomic mass is 16.7. The summed E-state index contributed by atoms with van der Waals surface area (Å²) in [5.41, 5.74) is 1.46. The minimum atomic E-state index is -0.462. The summed E-state index contributed by atoms with van der Waals surface area (Å²) >= 11 is 0. The second-order valence-corrected chi connectivity index (χ2v) is 7.85. The first-order chi connectivity index (χ1) is 10.3. The zero-order valence-electron chi connectivity index (χ0n) is 14.2.